The van der Waals surface area contributed by atoms with E-state index in [-0.39, 0.29) is 6.10 Å². The minimum Gasteiger partial charge on any atom is -0.376 e. The van der Waals surface area contributed by atoms with Crippen LogP contribution in [0.15, 0.2) is 36.7 Å². The lowest BCUT2D eigenvalue weighted by molar-refractivity contribution is -0.119. The number of aryl methyl sites for hydroxylation is 2. The second-order valence-electron chi connectivity index (χ2n) is 11.8. The van der Waals surface area contributed by atoms with Gasteiger partial charge in [-0.25, -0.2) is 9.97 Å². The zero-order chi connectivity index (χ0) is 26.7. The topological polar surface area (TPSA) is 61.3 Å². The normalized spacial score (nSPS) is 23.5. The summed E-state index contributed by atoms with van der Waals surface area (Å²) < 4.78 is 11.1. The van der Waals surface area contributed by atoms with Crippen molar-refractivity contribution in [3.8, 4) is 0 Å². The quantitative estimate of drug-likeness (QED) is 0.281. The first kappa shape index (κ1) is 28.2. The number of fused-ring (bicyclic) bond motifs is 1. The fourth-order valence-corrected chi connectivity index (χ4v) is 6.71. The summed E-state index contributed by atoms with van der Waals surface area (Å²) in [6.07, 6.45) is 22.5. The summed E-state index contributed by atoms with van der Waals surface area (Å²) in [7, 11) is 0. The monoisotopic (exact) mass is 530 g/mol. The standard InChI is InChI=1S/C34H46N2O3/c37-30(16-1-2-18-31-24-38-21-22-39-31)17-6-10-26-9-5-15-29(23-26)27-11-7-13-28(14-8-12-27)34-32-19-3-4-20-33(32)35-25-36-34/h3,5,9,15,19,23,25,27-28,31H,1-2,4,6-8,10-14,16-18,20-22,24H2. The Labute approximate surface area is 234 Å². The number of ketones is 1. The smallest absolute Gasteiger partial charge is 0.132 e. The fourth-order valence-electron chi connectivity index (χ4n) is 6.71. The zero-order valence-corrected chi connectivity index (χ0v) is 23.6. The predicted molar refractivity (Wildman–Crippen MR) is 156 cm³/mol. The van der Waals surface area contributed by atoms with Crippen LogP contribution in [-0.4, -0.2) is 41.7 Å². The van der Waals surface area contributed by atoms with Gasteiger partial charge in [-0.15, -0.1) is 0 Å². The van der Waals surface area contributed by atoms with Crippen molar-refractivity contribution < 1.29 is 14.3 Å². The van der Waals surface area contributed by atoms with Gasteiger partial charge in [-0.1, -0.05) is 55.7 Å². The molecule has 2 aromatic rings. The summed E-state index contributed by atoms with van der Waals surface area (Å²) >= 11 is 0. The van der Waals surface area contributed by atoms with Crippen LogP contribution in [-0.2, 0) is 27.1 Å². The number of nitrogens with zero attached hydrogens (tertiary/aromatic N) is 2. The van der Waals surface area contributed by atoms with Crippen molar-refractivity contribution in [1.82, 2.24) is 9.97 Å². The maximum absolute atomic E-state index is 12.4. The first-order valence-electron chi connectivity index (χ1n) is 15.6. The van der Waals surface area contributed by atoms with Crippen LogP contribution in [0.2, 0.25) is 0 Å². The van der Waals surface area contributed by atoms with Crippen LogP contribution in [0, 0.1) is 0 Å². The highest BCUT2D eigenvalue weighted by Gasteiger charge is 2.24. The highest BCUT2D eigenvalue weighted by Crippen LogP contribution is 2.38. The molecule has 0 radical (unpaired) electrons. The molecule has 0 N–H and O–H groups in total. The third kappa shape index (κ3) is 8.31. The van der Waals surface area contributed by atoms with Gasteiger partial charge in [0.2, 0.25) is 0 Å². The zero-order valence-electron chi connectivity index (χ0n) is 23.6. The highest BCUT2D eigenvalue weighted by atomic mass is 16.6. The SMILES string of the molecule is O=C(CCCCC1COCCO1)CCCc1cccc(C2CCCC(c3ncnc4c3C=CCC4)CCC2)c1. The number of hydrogen-bond acceptors (Lipinski definition) is 5. The van der Waals surface area contributed by atoms with Gasteiger partial charge in [-0.05, 0) is 81.3 Å². The van der Waals surface area contributed by atoms with Gasteiger partial charge in [-0.3, -0.25) is 4.79 Å². The Hall–Kier alpha value is -2.37. The van der Waals surface area contributed by atoms with Gasteiger partial charge in [-0.2, -0.15) is 0 Å². The van der Waals surface area contributed by atoms with Crippen molar-refractivity contribution in [1.29, 1.82) is 0 Å². The maximum Gasteiger partial charge on any atom is 0.132 e. The largest absolute Gasteiger partial charge is 0.376 e. The molecule has 1 saturated carbocycles. The lowest BCUT2D eigenvalue weighted by Gasteiger charge is -2.26. The molecule has 5 nitrogen and oxygen atoms in total. The van der Waals surface area contributed by atoms with Crippen molar-refractivity contribution in [2.24, 2.45) is 0 Å². The number of hydrogen-bond donors (Lipinski definition) is 0. The van der Waals surface area contributed by atoms with Gasteiger partial charge < -0.3 is 9.47 Å². The molecule has 2 fully saturated rings. The lowest BCUT2D eigenvalue weighted by atomic mass is 9.80. The summed E-state index contributed by atoms with van der Waals surface area (Å²) in [5, 5.41) is 0. The van der Waals surface area contributed by atoms with Crippen LogP contribution in [0.4, 0.5) is 0 Å². The molecule has 1 unspecified atom stereocenters. The Morgan fingerprint density at radius 1 is 0.949 bits per heavy atom. The number of Topliss-reactive ketones (excluding diaryl/α,β-unsaturated/α-hetero) is 1. The molecule has 5 rings (SSSR count). The van der Waals surface area contributed by atoms with E-state index >= 15 is 0 Å². The second-order valence-corrected chi connectivity index (χ2v) is 11.8. The van der Waals surface area contributed by atoms with Crippen molar-refractivity contribution in [3.05, 3.63) is 64.7 Å². The number of carbonyl (C=O) groups excluding carboxylic acids is 1. The van der Waals surface area contributed by atoms with Gasteiger partial charge >= 0.3 is 0 Å². The Kier molecular flexibility index (Phi) is 10.7. The minimum atomic E-state index is 0.224. The lowest BCUT2D eigenvalue weighted by Crippen LogP contribution is -2.28. The molecule has 1 aliphatic heterocycles. The minimum absolute atomic E-state index is 0.224. The van der Waals surface area contributed by atoms with Crippen molar-refractivity contribution in [3.63, 3.8) is 0 Å². The summed E-state index contributed by atoms with van der Waals surface area (Å²) in [5.74, 6) is 1.61. The molecule has 1 atom stereocenters. The van der Waals surface area contributed by atoms with Crippen LogP contribution in [0.1, 0.15) is 123 Å². The van der Waals surface area contributed by atoms with Gasteiger partial charge in [0.15, 0.2) is 0 Å². The number of carbonyl (C=O) groups is 1. The summed E-state index contributed by atoms with van der Waals surface area (Å²) in [6.45, 7) is 2.12. The van der Waals surface area contributed by atoms with Gasteiger partial charge in [0.05, 0.1) is 37.3 Å². The van der Waals surface area contributed by atoms with Gasteiger partial charge in [0.25, 0.3) is 0 Å². The van der Waals surface area contributed by atoms with Crippen LogP contribution in [0.25, 0.3) is 6.08 Å². The number of unbranched alkanes of at least 4 members (excludes halogenated alkanes) is 1. The van der Waals surface area contributed by atoms with Gasteiger partial charge in [0.1, 0.15) is 12.1 Å². The van der Waals surface area contributed by atoms with E-state index in [9.17, 15) is 4.79 Å². The number of rotatable bonds is 11. The number of benzene rings is 1. The molecule has 5 heteroatoms. The molecule has 1 aromatic carbocycles. The molecule has 1 aromatic heterocycles. The van der Waals surface area contributed by atoms with E-state index in [1.807, 2.05) is 0 Å². The summed E-state index contributed by atoms with van der Waals surface area (Å²) in [6, 6.07) is 9.21. The molecule has 0 spiro atoms. The van der Waals surface area contributed by atoms with Crippen molar-refractivity contribution >= 4 is 11.9 Å². The molecular weight excluding hydrogens is 484 g/mol. The van der Waals surface area contributed by atoms with Crippen LogP contribution < -0.4 is 0 Å². The molecular formula is C34H46N2O3. The van der Waals surface area contributed by atoms with Crippen molar-refractivity contribution in [2.75, 3.05) is 19.8 Å². The first-order chi connectivity index (χ1) is 19.3. The Morgan fingerprint density at radius 2 is 1.79 bits per heavy atom. The average Bonchev–Trinajstić information content (AvgIpc) is 2.96. The summed E-state index contributed by atoms with van der Waals surface area (Å²) in [5.41, 5.74) is 6.71. The fraction of sp³-hybridized carbons (Fsp3) is 0.618. The maximum atomic E-state index is 12.4. The highest BCUT2D eigenvalue weighted by molar-refractivity contribution is 5.78. The molecule has 2 heterocycles. The van der Waals surface area contributed by atoms with E-state index in [1.54, 1.807) is 6.33 Å². The molecule has 3 aliphatic rings. The van der Waals surface area contributed by atoms with Crippen LogP contribution >= 0.6 is 0 Å². The van der Waals surface area contributed by atoms with Crippen molar-refractivity contribution in [2.45, 2.75) is 114 Å². The molecule has 1 saturated heterocycles. The Balaban J connectivity index is 1.04. The summed E-state index contributed by atoms with van der Waals surface area (Å²) in [4.78, 5) is 21.7. The van der Waals surface area contributed by atoms with Crippen LogP contribution in [0.3, 0.4) is 0 Å². The Bertz CT molecular complexity index is 1080. The first-order valence-corrected chi connectivity index (χ1v) is 15.6. The second kappa shape index (κ2) is 14.9. The molecule has 0 amide bonds. The number of ether oxygens (including phenoxy) is 2. The van der Waals surface area contributed by atoms with E-state index in [0.29, 0.717) is 50.3 Å². The van der Waals surface area contributed by atoms with E-state index in [1.165, 1.54) is 66.6 Å². The van der Waals surface area contributed by atoms with E-state index in [4.69, 9.17) is 14.5 Å². The van der Waals surface area contributed by atoms with Crippen LogP contribution in [0.5, 0.6) is 0 Å². The van der Waals surface area contributed by atoms with E-state index in [0.717, 1.165) is 44.9 Å². The predicted octanol–water partition coefficient (Wildman–Crippen LogP) is 7.53. The van der Waals surface area contributed by atoms with E-state index in [2.05, 4.69) is 41.4 Å². The Morgan fingerprint density at radius 3 is 2.64 bits per heavy atom. The molecule has 210 valence electrons. The number of aromatic nitrogens is 2. The third-order valence-electron chi connectivity index (χ3n) is 8.89. The van der Waals surface area contributed by atoms with Gasteiger partial charge in [0, 0.05) is 24.3 Å². The average molecular weight is 531 g/mol. The van der Waals surface area contributed by atoms with E-state index < -0.39 is 0 Å². The molecule has 39 heavy (non-hydrogen) atoms. The number of allylic oxidation sites excluding steroid dienone is 1. The molecule has 2 aliphatic carbocycles. The third-order valence-corrected chi connectivity index (χ3v) is 8.89. The molecule has 0 bridgehead atoms.